The summed E-state index contributed by atoms with van der Waals surface area (Å²) in [6.07, 6.45) is 0. The molecule has 1 aliphatic heterocycles. The number of carbonyl (C=O) groups is 1. The molecule has 1 aliphatic rings. The standard InChI is InChI=1S/C14H22N4O/c1-16(2)14(19)12-10-11(15)4-5-13(12)18-8-6-17(3)7-9-18/h4-5,10H,6-9,15H2,1-3H3. The first kappa shape index (κ1) is 13.7. The van der Waals surface area contributed by atoms with Crippen LogP contribution in [-0.4, -0.2) is 63.0 Å². The molecule has 1 amide bonds. The molecule has 1 saturated heterocycles. The largest absolute Gasteiger partial charge is 0.399 e. The Morgan fingerprint density at radius 2 is 1.84 bits per heavy atom. The number of piperazine rings is 1. The molecule has 5 heteroatoms. The first-order valence-electron chi connectivity index (χ1n) is 6.53. The summed E-state index contributed by atoms with van der Waals surface area (Å²) in [5.74, 6) is 0.00114. The van der Waals surface area contributed by atoms with Gasteiger partial charge in [0.05, 0.1) is 5.56 Å². The van der Waals surface area contributed by atoms with Crippen LogP contribution in [0.4, 0.5) is 11.4 Å². The second-order valence-electron chi connectivity index (χ2n) is 5.27. The van der Waals surface area contributed by atoms with Gasteiger partial charge in [-0.05, 0) is 25.2 Å². The fourth-order valence-electron chi connectivity index (χ4n) is 2.29. The first-order valence-corrected chi connectivity index (χ1v) is 6.53. The Morgan fingerprint density at radius 1 is 1.21 bits per heavy atom. The van der Waals surface area contributed by atoms with Crippen LogP contribution in [0.5, 0.6) is 0 Å². The molecule has 1 fully saturated rings. The van der Waals surface area contributed by atoms with E-state index in [0.717, 1.165) is 31.9 Å². The molecule has 104 valence electrons. The van der Waals surface area contributed by atoms with E-state index in [2.05, 4.69) is 16.8 Å². The lowest BCUT2D eigenvalue weighted by Crippen LogP contribution is -2.45. The minimum atomic E-state index is 0.00114. The number of benzene rings is 1. The number of hydrogen-bond donors (Lipinski definition) is 1. The highest BCUT2D eigenvalue weighted by Gasteiger charge is 2.21. The van der Waals surface area contributed by atoms with Crippen molar-refractivity contribution < 1.29 is 4.79 Å². The fraction of sp³-hybridized carbons (Fsp3) is 0.500. The van der Waals surface area contributed by atoms with Gasteiger partial charge >= 0.3 is 0 Å². The zero-order chi connectivity index (χ0) is 14.0. The number of hydrogen-bond acceptors (Lipinski definition) is 4. The maximum atomic E-state index is 12.3. The van der Waals surface area contributed by atoms with Gasteiger partial charge in [-0.3, -0.25) is 4.79 Å². The van der Waals surface area contributed by atoms with Crippen molar-refractivity contribution in [1.29, 1.82) is 0 Å². The van der Waals surface area contributed by atoms with E-state index in [-0.39, 0.29) is 5.91 Å². The minimum Gasteiger partial charge on any atom is -0.399 e. The maximum Gasteiger partial charge on any atom is 0.255 e. The quantitative estimate of drug-likeness (QED) is 0.798. The highest BCUT2D eigenvalue weighted by molar-refractivity contribution is 6.00. The summed E-state index contributed by atoms with van der Waals surface area (Å²) in [5.41, 5.74) is 8.12. The number of amides is 1. The lowest BCUT2D eigenvalue weighted by atomic mass is 10.1. The van der Waals surface area contributed by atoms with Crippen LogP contribution in [0, 0.1) is 0 Å². The van der Waals surface area contributed by atoms with E-state index in [9.17, 15) is 4.79 Å². The third kappa shape index (κ3) is 2.98. The van der Waals surface area contributed by atoms with Crippen LogP contribution < -0.4 is 10.6 Å². The van der Waals surface area contributed by atoms with Crippen molar-refractivity contribution in [3.8, 4) is 0 Å². The number of nitrogen functional groups attached to an aromatic ring is 1. The van der Waals surface area contributed by atoms with Crippen LogP contribution >= 0.6 is 0 Å². The molecule has 0 bridgehead atoms. The Bertz CT molecular complexity index is 465. The van der Waals surface area contributed by atoms with Crippen LogP contribution in [0.25, 0.3) is 0 Å². The Labute approximate surface area is 114 Å². The van der Waals surface area contributed by atoms with Gasteiger partial charge in [0.25, 0.3) is 5.91 Å². The molecule has 2 rings (SSSR count). The zero-order valence-corrected chi connectivity index (χ0v) is 11.9. The number of nitrogens with two attached hydrogens (primary N) is 1. The lowest BCUT2D eigenvalue weighted by molar-refractivity contribution is 0.0828. The van der Waals surface area contributed by atoms with Gasteiger partial charge in [-0.2, -0.15) is 0 Å². The second kappa shape index (κ2) is 5.48. The topological polar surface area (TPSA) is 52.8 Å². The molecule has 1 aromatic carbocycles. The van der Waals surface area contributed by atoms with Gasteiger partial charge in [-0.25, -0.2) is 0 Å². The van der Waals surface area contributed by atoms with E-state index in [0.29, 0.717) is 11.3 Å². The van der Waals surface area contributed by atoms with Crippen molar-refractivity contribution in [2.75, 3.05) is 58.0 Å². The summed E-state index contributed by atoms with van der Waals surface area (Å²) in [6, 6.07) is 5.59. The number of anilines is 2. The third-order valence-corrected chi connectivity index (χ3v) is 3.50. The lowest BCUT2D eigenvalue weighted by Gasteiger charge is -2.35. The molecule has 0 saturated carbocycles. The average Bonchev–Trinajstić information content (AvgIpc) is 2.39. The molecule has 0 atom stereocenters. The summed E-state index contributed by atoms with van der Waals surface area (Å²) in [4.78, 5) is 18.4. The van der Waals surface area contributed by atoms with Gasteiger partial charge in [-0.15, -0.1) is 0 Å². The van der Waals surface area contributed by atoms with Gasteiger partial charge in [0, 0.05) is 51.6 Å². The highest BCUT2D eigenvalue weighted by Crippen LogP contribution is 2.25. The molecule has 1 aromatic rings. The van der Waals surface area contributed by atoms with Crippen molar-refractivity contribution in [3.05, 3.63) is 23.8 Å². The number of rotatable bonds is 2. The number of likely N-dealkylation sites (N-methyl/N-ethyl adjacent to an activating group) is 1. The molecule has 0 aromatic heterocycles. The van der Waals surface area contributed by atoms with Crippen LogP contribution in [0.1, 0.15) is 10.4 Å². The zero-order valence-electron chi connectivity index (χ0n) is 11.9. The molecule has 19 heavy (non-hydrogen) atoms. The van der Waals surface area contributed by atoms with Crippen LogP contribution in [-0.2, 0) is 0 Å². The van der Waals surface area contributed by atoms with E-state index in [1.54, 1.807) is 25.1 Å². The number of nitrogens with zero attached hydrogens (tertiary/aromatic N) is 3. The summed E-state index contributed by atoms with van der Waals surface area (Å²) in [5, 5.41) is 0. The highest BCUT2D eigenvalue weighted by atomic mass is 16.2. The Balaban J connectivity index is 2.31. The van der Waals surface area contributed by atoms with E-state index < -0.39 is 0 Å². The van der Waals surface area contributed by atoms with Crippen molar-refractivity contribution >= 4 is 17.3 Å². The Morgan fingerprint density at radius 3 is 2.42 bits per heavy atom. The third-order valence-electron chi connectivity index (χ3n) is 3.50. The van der Waals surface area contributed by atoms with Gasteiger partial charge in [0.1, 0.15) is 0 Å². The van der Waals surface area contributed by atoms with Crippen LogP contribution in [0.15, 0.2) is 18.2 Å². The minimum absolute atomic E-state index is 0.00114. The molecule has 0 aliphatic carbocycles. The van der Waals surface area contributed by atoms with E-state index in [1.807, 2.05) is 12.1 Å². The van der Waals surface area contributed by atoms with Gasteiger partial charge in [0.15, 0.2) is 0 Å². The normalized spacial score (nSPS) is 16.5. The Hall–Kier alpha value is -1.75. The van der Waals surface area contributed by atoms with Gasteiger partial charge < -0.3 is 20.4 Å². The van der Waals surface area contributed by atoms with Crippen molar-refractivity contribution in [1.82, 2.24) is 9.80 Å². The summed E-state index contributed by atoms with van der Waals surface area (Å²) < 4.78 is 0. The predicted octanol–water partition coefficient (Wildman–Crippen LogP) is 0.722. The molecule has 2 N–H and O–H groups in total. The maximum absolute atomic E-state index is 12.3. The molecular formula is C14H22N4O. The van der Waals surface area contributed by atoms with E-state index >= 15 is 0 Å². The molecule has 0 radical (unpaired) electrons. The van der Waals surface area contributed by atoms with Crippen LogP contribution in [0.3, 0.4) is 0 Å². The molecule has 0 unspecified atom stereocenters. The van der Waals surface area contributed by atoms with E-state index in [1.165, 1.54) is 0 Å². The summed E-state index contributed by atoms with van der Waals surface area (Å²) in [6.45, 7) is 3.90. The summed E-state index contributed by atoms with van der Waals surface area (Å²) >= 11 is 0. The molecule has 1 heterocycles. The monoisotopic (exact) mass is 262 g/mol. The average molecular weight is 262 g/mol. The van der Waals surface area contributed by atoms with Crippen molar-refractivity contribution in [2.24, 2.45) is 0 Å². The second-order valence-corrected chi connectivity index (χ2v) is 5.27. The van der Waals surface area contributed by atoms with Gasteiger partial charge in [-0.1, -0.05) is 0 Å². The predicted molar refractivity (Wildman–Crippen MR) is 78.6 cm³/mol. The smallest absolute Gasteiger partial charge is 0.255 e. The molecule has 0 spiro atoms. The van der Waals surface area contributed by atoms with Gasteiger partial charge in [0.2, 0.25) is 0 Å². The summed E-state index contributed by atoms with van der Waals surface area (Å²) in [7, 11) is 5.64. The van der Waals surface area contributed by atoms with E-state index in [4.69, 9.17) is 5.73 Å². The molecular weight excluding hydrogens is 240 g/mol. The van der Waals surface area contributed by atoms with Crippen molar-refractivity contribution in [2.45, 2.75) is 0 Å². The number of carbonyl (C=O) groups excluding carboxylic acids is 1. The molecule has 5 nitrogen and oxygen atoms in total. The van der Waals surface area contributed by atoms with Crippen LogP contribution in [0.2, 0.25) is 0 Å². The fourth-order valence-corrected chi connectivity index (χ4v) is 2.29. The van der Waals surface area contributed by atoms with Crippen molar-refractivity contribution in [3.63, 3.8) is 0 Å². The SMILES string of the molecule is CN1CCN(c2ccc(N)cc2C(=O)N(C)C)CC1. The Kier molecular flexibility index (Phi) is 3.95. The first-order chi connectivity index (χ1) is 8.99.